The van der Waals surface area contributed by atoms with Crippen LogP contribution in [-0.2, 0) is 18.6 Å². The fraction of sp³-hybridized carbons (Fsp3) is 0.438. The summed E-state index contributed by atoms with van der Waals surface area (Å²) in [5, 5.41) is 6.90. The number of carbonyl (C=O) groups excluding carboxylic acids is 1. The van der Waals surface area contributed by atoms with E-state index in [4.69, 9.17) is 10.3 Å². The van der Waals surface area contributed by atoms with Crippen LogP contribution in [0.4, 0.5) is 0 Å². The first-order valence-corrected chi connectivity index (χ1v) is 7.41. The minimum atomic E-state index is -0.738. The van der Waals surface area contributed by atoms with E-state index in [2.05, 4.69) is 15.5 Å². The topological polar surface area (TPSA) is 97.3 Å². The summed E-state index contributed by atoms with van der Waals surface area (Å²) in [5.74, 6) is 0.762. The Morgan fingerprint density at radius 2 is 1.84 bits per heavy atom. The summed E-state index contributed by atoms with van der Waals surface area (Å²) in [5.41, 5.74) is 6.36. The summed E-state index contributed by atoms with van der Waals surface area (Å²) >= 11 is 0. The van der Waals surface area contributed by atoms with E-state index in [0.29, 0.717) is 30.4 Å². The molecule has 1 amide bonds. The van der Waals surface area contributed by atoms with Crippen molar-refractivity contribution in [2.75, 3.05) is 14.1 Å². The first-order valence-electron chi connectivity index (χ1n) is 7.41. The van der Waals surface area contributed by atoms with E-state index in [1.54, 1.807) is 12.1 Å². The lowest BCUT2D eigenvalue weighted by Gasteiger charge is -2.22. The van der Waals surface area contributed by atoms with Crippen LogP contribution < -0.4 is 11.1 Å². The van der Waals surface area contributed by atoms with Crippen LogP contribution in [0.2, 0.25) is 0 Å². The molecule has 0 fully saturated rings. The summed E-state index contributed by atoms with van der Waals surface area (Å²) in [4.78, 5) is 18.7. The highest BCUT2D eigenvalue weighted by Gasteiger charge is 2.29. The van der Waals surface area contributed by atoms with Gasteiger partial charge in [-0.2, -0.15) is 4.98 Å². The van der Waals surface area contributed by atoms with Gasteiger partial charge in [-0.15, -0.1) is 24.8 Å². The molecule has 9 heteroatoms. The van der Waals surface area contributed by atoms with Gasteiger partial charge in [0.2, 0.25) is 5.89 Å². The Labute approximate surface area is 160 Å². The second kappa shape index (κ2) is 9.72. The van der Waals surface area contributed by atoms with E-state index in [1.165, 1.54) is 0 Å². The third-order valence-corrected chi connectivity index (χ3v) is 3.36. The van der Waals surface area contributed by atoms with Crippen LogP contribution in [0.15, 0.2) is 28.8 Å². The van der Waals surface area contributed by atoms with Crippen LogP contribution in [0, 0.1) is 0 Å². The molecule has 140 valence electrons. The molecule has 2 aromatic rings. The Morgan fingerprint density at radius 3 is 2.36 bits per heavy atom. The number of nitrogens with one attached hydrogen (secondary N) is 1. The monoisotopic (exact) mass is 389 g/mol. The quantitative estimate of drug-likeness (QED) is 0.784. The standard InChI is InChI=1S/C16H23N5O2.2ClH/c1-16(2,15-18-13(23-20-15)10-21(3)4)19-14(22)12-7-5-11(9-17)6-8-12;;/h5-8H,9-10,17H2,1-4H3,(H,19,22);2*1H. The molecule has 25 heavy (non-hydrogen) atoms. The Bertz CT molecular complexity index is 671. The molecule has 0 atom stereocenters. The molecule has 0 aliphatic rings. The van der Waals surface area contributed by atoms with Gasteiger partial charge in [0, 0.05) is 12.1 Å². The van der Waals surface area contributed by atoms with Crippen molar-refractivity contribution in [1.82, 2.24) is 20.4 Å². The van der Waals surface area contributed by atoms with E-state index in [1.807, 2.05) is 45.0 Å². The van der Waals surface area contributed by atoms with Crippen LogP contribution in [0.1, 0.15) is 41.5 Å². The summed E-state index contributed by atoms with van der Waals surface area (Å²) in [6, 6.07) is 7.18. The predicted molar refractivity (Wildman–Crippen MR) is 101 cm³/mol. The van der Waals surface area contributed by atoms with Crippen molar-refractivity contribution in [3.63, 3.8) is 0 Å². The molecule has 0 spiro atoms. The molecule has 0 aliphatic heterocycles. The fourth-order valence-electron chi connectivity index (χ4n) is 2.05. The Hall–Kier alpha value is -1.67. The zero-order valence-electron chi connectivity index (χ0n) is 14.8. The average Bonchev–Trinajstić information content (AvgIpc) is 2.95. The number of nitrogens with zero attached hydrogens (tertiary/aromatic N) is 3. The number of carbonyl (C=O) groups is 1. The number of aromatic nitrogens is 2. The maximum Gasteiger partial charge on any atom is 0.252 e. The number of amides is 1. The van der Waals surface area contributed by atoms with Gasteiger partial charge in [0.25, 0.3) is 5.91 Å². The number of rotatable bonds is 6. The molecule has 0 radical (unpaired) electrons. The van der Waals surface area contributed by atoms with Crippen molar-refractivity contribution >= 4 is 30.7 Å². The van der Waals surface area contributed by atoms with E-state index < -0.39 is 5.54 Å². The van der Waals surface area contributed by atoms with Crippen molar-refractivity contribution in [2.45, 2.75) is 32.5 Å². The molecule has 3 N–H and O–H groups in total. The predicted octanol–water partition coefficient (Wildman–Crippen LogP) is 2.10. The minimum absolute atomic E-state index is 0. The van der Waals surface area contributed by atoms with Crippen molar-refractivity contribution < 1.29 is 9.32 Å². The molecule has 0 bridgehead atoms. The number of halogens is 2. The van der Waals surface area contributed by atoms with E-state index in [9.17, 15) is 4.79 Å². The molecule has 0 saturated carbocycles. The van der Waals surface area contributed by atoms with Crippen LogP contribution in [0.5, 0.6) is 0 Å². The Kier molecular flexibility index (Phi) is 9.07. The second-order valence-corrected chi connectivity index (χ2v) is 6.23. The van der Waals surface area contributed by atoms with Gasteiger partial charge in [0.05, 0.1) is 12.1 Å². The van der Waals surface area contributed by atoms with Gasteiger partial charge in [-0.1, -0.05) is 17.3 Å². The molecule has 1 aromatic carbocycles. The highest BCUT2D eigenvalue weighted by atomic mass is 35.5. The molecule has 0 saturated heterocycles. The second-order valence-electron chi connectivity index (χ2n) is 6.23. The lowest BCUT2D eigenvalue weighted by molar-refractivity contribution is 0.0907. The number of benzene rings is 1. The molecule has 1 aromatic heterocycles. The highest BCUT2D eigenvalue weighted by Crippen LogP contribution is 2.18. The molecule has 0 unspecified atom stereocenters. The summed E-state index contributed by atoms with van der Waals surface area (Å²) in [6.45, 7) is 4.68. The molecule has 7 nitrogen and oxygen atoms in total. The van der Waals surface area contributed by atoms with E-state index in [-0.39, 0.29) is 30.7 Å². The van der Waals surface area contributed by atoms with Crippen molar-refractivity contribution in [2.24, 2.45) is 5.73 Å². The lowest BCUT2D eigenvalue weighted by Crippen LogP contribution is -2.41. The van der Waals surface area contributed by atoms with Crippen LogP contribution in [0.25, 0.3) is 0 Å². The largest absolute Gasteiger partial charge is 0.340 e. The van der Waals surface area contributed by atoms with Gasteiger partial charge in [-0.05, 0) is 45.6 Å². The third-order valence-electron chi connectivity index (χ3n) is 3.36. The number of hydrogen-bond acceptors (Lipinski definition) is 6. The van der Waals surface area contributed by atoms with E-state index >= 15 is 0 Å². The van der Waals surface area contributed by atoms with E-state index in [0.717, 1.165) is 5.56 Å². The Balaban J connectivity index is 0.00000288. The summed E-state index contributed by atoms with van der Waals surface area (Å²) < 4.78 is 5.21. The highest BCUT2D eigenvalue weighted by molar-refractivity contribution is 5.94. The zero-order chi connectivity index (χ0) is 17.0. The third kappa shape index (κ3) is 6.28. The molecular weight excluding hydrogens is 365 g/mol. The van der Waals surface area contributed by atoms with Gasteiger partial charge < -0.3 is 20.5 Å². The summed E-state index contributed by atoms with van der Waals surface area (Å²) in [6.07, 6.45) is 0. The molecule has 1 heterocycles. The minimum Gasteiger partial charge on any atom is -0.340 e. The Morgan fingerprint density at radius 1 is 1.24 bits per heavy atom. The van der Waals surface area contributed by atoms with Gasteiger partial charge in [0.1, 0.15) is 0 Å². The van der Waals surface area contributed by atoms with Crippen molar-refractivity contribution in [3.8, 4) is 0 Å². The van der Waals surface area contributed by atoms with Gasteiger partial charge in [0.15, 0.2) is 5.82 Å². The SMILES string of the molecule is CN(C)Cc1nc(C(C)(C)NC(=O)c2ccc(CN)cc2)no1.Cl.Cl. The first kappa shape index (κ1) is 23.3. The normalized spacial score (nSPS) is 10.8. The van der Waals surface area contributed by atoms with Crippen LogP contribution >= 0.6 is 24.8 Å². The van der Waals surface area contributed by atoms with Gasteiger partial charge in [-0.3, -0.25) is 4.79 Å². The maximum absolute atomic E-state index is 12.4. The number of hydrogen-bond donors (Lipinski definition) is 2. The van der Waals surface area contributed by atoms with Crippen LogP contribution in [0.3, 0.4) is 0 Å². The summed E-state index contributed by atoms with van der Waals surface area (Å²) in [7, 11) is 3.84. The van der Waals surface area contributed by atoms with Crippen LogP contribution in [-0.4, -0.2) is 35.0 Å². The maximum atomic E-state index is 12.4. The number of nitrogens with two attached hydrogens (primary N) is 1. The fourth-order valence-corrected chi connectivity index (χ4v) is 2.05. The molecular formula is C16H25Cl2N5O2. The van der Waals surface area contributed by atoms with Gasteiger partial charge in [-0.25, -0.2) is 0 Å². The van der Waals surface area contributed by atoms with Gasteiger partial charge >= 0.3 is 0 Å². The zero-order valence-corrected chi connectivity index (χ0v) is 16.4. The molecule has 0 aliphatic carbocycles. The lowest BCUT2D eigenvalue weighted by atomic mass is 10.0. The smallest absolute Gasteiger partial charge is 0.252 e. The first-order chi connectivity index (χ1) is 10.8. The van der Waals surface area contributed by atoms with Crippen molar-refractivity contribution in [3.05, 3.63) is 47.1 Å². The molecule has 2 rings (SSSR count). The average molecular weight is 390 g/mol. The van der Waals surface area contributed by atoms with Crippen molar-refractivity contribution in [1.29, 1.82) is 0 Å².